The number of anilines is 1. The Morgan fingerprint density at radius 2 is 1.02 bits per heavy atom. The van der Waals surface area contributed by atoms with E-state index < -0.39 is 52.4 Å². The first kappa shape index (κ1) is 36.4. The molecule has 4 nitrogen and oxygen atoms in total. The number of benzene rings is 3. The van der Waals surface area contributed by atoms with Crippen LogP contribution >= 0.6 is 0 Å². The first-order chi connectivity index (χ1) is 21.0. The molecule has 0 aliphatic heterocycles. The molecule has 0 bridgehead atoms. The molecule has 0 spiro atoms. The molecule has 13 heteroatoms. The van der Waals surface area contributed by atoms with Gasteiger partial charge in [-0.25, -0.2) is 0 Å². The van der Waals surface area contributed by atoms with Crippen molar-refractivity contribution in [3.05, 3.63) is 98.6 Å². The number of alkyl halides is 9. The topological polar surface area (TPSA) is 58.2 Å². The lowest BCUT2D eigenvalue weighted by atomic mass is 9.72. The van der Waals surface area contributed by atoms with Gasteiger partial charge in [0.15, 0.2) is 0 Å². The van der Waals surface area contributed by atoms with Crippen LogP contribution in [0.15, 0.2) is 48.5 Å². The van der Waals surface area contributed by atoms with Gasteiger partial charge in [0.05, 0.1) is 5.56 Å². The molecule has 3 aromatic carbocycles. The summed E-state index contributed by atoms with van der Waals surface area (Å²) in [6.45, 7) is 10.6. The quantitative estimate of drug-likeness (QED) is 0.248. The number of carbonyl (C=O) groups excluding carboxylic acids is 2. The Morgan fingerprint density at radius 1 is 0.609 bits per heavy atom. The van der Waals surface area contributed by atoms with Crippen LogP contribution in [-0.4, -0.2) is 30.2 Å². The standard InChI is InChI=1S/C33H33F9N2O2/c1-16(2)25-18(5)26(31(34,35)36)20(7)27(19(25)6)44-29(46)22-10-14-24(15-11-22)30(32(37,38)39,33(40,41)42)23-12-8-21(9-13-23)28(45)43-17(3)4/h8-17H,1-7H3,(H,43,45)(H,44,46). The Kier molecular flexibility index (Phi) is 10.0. The van der Waals surface area contributed by atoms with E-state index in [0.29, 0.717) is 35.4 Å². The maximum atomic E-state index is 14.6. The van der Waals surface area contributed by atoms with Crippen molar-refractivity contribution in [1.82, 2.24) is 5.32 Å². The van der Waals surface area contributed by atoms with E-state index in [1.54, 1.807) is 27.7 Å². The van der Waals surface area contributed by atoms with Crippen molar-refractivity contribution in [2.45, 2.75) is 84.4 Å². The number of halogens is 9. The van der Waals surface area contributed by atoms with Gasteiger partial charge in [0, 0.05) is 22.9 Å². The minimum Gasteiger partial charge on any atom is -0.350 e. The summed E-state index contributed by atoms with van der Waals surface area (Å²) in [4.78, 5) is 25.4. The predicted octanol–water partition coefficient (Wildman–Crippen LogP) is 9.56. The molecule has 2 N–H and O–H groups in total. The Balaban J connectivity index is 2.13. The second-order valence-electron chi connectivity index (χ2n) is 11.7. The maximum Gasteiger partial charge on any atom is 0.417 e. The van der Waals surface area contributed by atoms with Crippen LogP contribution in [0.4, 0.5) is 45.2 Å². The smallest absolute Gasteiger partial charge is 0.350 e. The molecule has 2 amide bonds. The molecule has 46 heavy (non-hydrogen) atoms. The normalized spacial score (nSPS) is 12.9. The van der Waals surface area contributed by atoms with Gasteiger partial charge >= 0.3 is 18.5 Å². The lowest BCUT2D eigenvalue weighted by Crippen LogP contribution is -2.54. The van der Waals surface area contributed by atoms with E-state index >= 15 is 0 Å². The third-order valence-corrected chi connectivity index (χ3v) is 7.84. The molecular weight excluding hydrogens is 627 g/mol. The van der Waals surface area contributed by atoms with E-state index in [-0.39, 0.29) is 39.9 Å². The summed E-state index contributed by atoms with van der Waals surface area (Å²) in [5.74, 6) is -2.09. The monoisotopic (exact) mass is 660 g/mol. The van der Waals surface area contributed by atoms with Crippen molar-refractivity contribution < 1.29 is 49.1 Å². The zero-order valence-corrected chi connectivity index (χ0v) is 26.0. The van der Waals surface area contributed by atoms with Gasteiger partial charge in [-0.15, -0.1) is 0 Å². The van der Waals surface area contributed by atoms with Crippen molar-refractivity contribution in [2.24, 2.45) is 0 Å². The average molecular weight is 661 g/mol. The van der Waals surface area contributed by atoms with Crippen LogP contribution < -0.4 is 10.6 Å². The molecule has 0 unspecified atom stereocenters. The molecule has 0 saturated carbocycles. The fraction of sp³-hybridized carbons (Fsp3) is 0.394. The lowest BCUT2D eigenvalue weighted by molar-refractivity contribution is -0.288. The summed E-state index contributed by atoms with van der Waals surface area (Å²) in [6.07, 6.45) is -16.6. The number of amides is 2. The summed E-state index contributed by atoms with van der Waals surface area (Å²) >= 11 is 0. The maximum absolute atomic E-state index is 14.6. The minimum absolute atomic E-state index is 0.0101. The molecule has 0 aromatic heterocycles. The van der Waals surface area contributed by atoms with Crippen molar-refractivity contribution >= 4 is 17.5 Å². The van der Waals surface area contributed by atoms with Crippen LogP contribution in [0.5, 0.6) is 0 Å². The highest BCUT2D eigenvalue weighted by Crippen LogP contribution is 2.56. The zero-order chi connectivity index (χ0) is 35.2. The van der Waals surface area contributed by atoms with Crippen molar-refractivity contribution in [3.63, 3.8) is 0 Å². The summed E-state index contributed by atoms with van der Waals surface area (Å²) in [6, 6.07) is 5.02. The lowest BCUT2D eigenvalue weighted by Gasteiger charge is -2.38. The second kappa shape index (κ2) is 12.6. The summed E-state index contributed by atoms with van der Waals surface area (Å²) < 4.78 is 130. The SMILES string of the molecule is Cc1c(NC(=O)c2ccc(C(c3ccc(C(=O)NC(C)C)cc3)(C(F)(F)F)C(F)(F)F)cc2)c(C)c(C(F)(F)F)c(C)c1C(C)C. The molecule has 0 saturated heterocycles. The Hall–Kier alpha value is -4.03. The Labute approximate surface area is 260 Å². The van der Waals surface area contributed by atoms with Gasteiger partial charge in [-0.2, -0.15) is 39.5 Å². The Morgan fingerprint density at radius 3 is 1.37 bits per heavy atom. The van der Waals surface area contributed by atoms with Crippen LogP contribution in [0.1, 0.15) is 93.3 Å². The molecule has 0 heterocycles. The zero-order valence-electron chi connectivity index (χ0n) is 26.0. The van der Waals surface area contributed by atoms with E-state index in [9.17, 15) is 49.1 Å². The van der Waals surface area contributed by atoms with Crippen LogP contribution in [0.25, 0.3) is 0 Å². The van der Waals surface area contributed by atoms with Crippen LogP contribution in [-0.2, 0) is 11.6 Å². The van der Waals surface area contributed by atoms with Crippen molar-refractivity contribution in [3.8, 4) is 0 Å². The highest BCUT2D eigenvalue weighted by atomic mass is 19.4. The number of carbonyl (C=O) groups is 2. The van der Waals surface area contributed by atoms with Gasteiger partial charge in [0.2, 0.25) is 5.41 Å². The van der Waals surface area contributed by atoms with Crippen LogP contribution in [0.3, 0.4) is 0 Å². The molecule has 0 radical (unpaired) electrons. The number of nitrogens with one attached hydrogen (secondary N) is 2. The van der Waals surface area contributed by atoms with E-state index in [1.807, 2.05) is 0 Å². The van der Waals surface area contributed by atoms with Crippen molar-refractivity contribution in [1.29, 1.82) is 0 Å². The van der Waals surface area contributed by atoms with E-state index in [1.165, 1.54) is 20.8 Å². The summed E-state index contributed by atoms with van der Waals surface area (Å²) in [5.41, 5.74) is -8.25. The largest absolute Gasteiger partial charge is 0.417 e. The number of hydrogen-bond acceptors (Lipinski definition) is 2. The molecule has 250 valence electrons. The molecule has 0 aliphatic carbocycles. The van der Waals surface area contributed by atoms with Gasteiger partial charge in [-0.05, 0) is 98.2 Å². The van der Waals surface area contributed by atoms with Crippen LogP contribution in [0.2, 0.25) is 0 Å². The fourth-order valence-corrected chi connectivity index (χ4v) is 5.97. The van der Waals surface area contributed by atoms with Gasteiger partial charge < -0.3 is 10.6 Å². The molecular formula is C33H33F9N2O2. The number of rotatable bonds is 7. The molecule has 0 atom stereocenters. The molecule has 3 rings (SSSR count). The third kappa shape index (κ3) is 6.59. The highest BCUT2D eigenvalue weighted by Gasteiger charge is 2.72. The van der Waals surface area contributed by atoms with Gasteiger partial charge in [0.1, 0.15) is 0 Å². The Bertz CT molecular complexity index is 1590. The van der Waals surface area contributed by atoms with Gasteiger partial charge in [-0.1, -0.05) is 38.1 Å². The van der Waals surface area contributed by atoms with Crippen LogP contribution in [0, 0.1) is 20.8 Å². The van der Waals surface area contributed by atoms with E-state index in [4.69, 9.17) is 0 Å². The average Bonchev–Trinajstić information content (AvgIpc) is 2.89. The van der Waals surface area contributed by atoms with Crippen molar-refractivity contribution in [2.75, 3.05) is 5.32 Å². The third-order valence-electron chi connectivity index (χ3n) is 7.84. The predicted molar refractivity (Wildman–Crippen MR) is 156 cm³/mol. The summed E-state index contributed by atoms with van der Waals surface area (Å²) in [7, 11) is 0. The fourth-order valence-electron chi connectivity index (χ4n) is 5.97. The van der Waals surface area contributed by atoms with E-state index in [2.05, 4.69) is 10.6 Å². The van der Waals surface area contributed by atoms with Gasteiger partial charge in [0.25, 0.3) is 11.8 Å². The minimum atomic E-state index is -5.92. The highest BCUT2D eigenvalue weighted by molar-refractivity contribution is 6.05. The second-order valence-corrected chi connectivity index (χ2v) is 11.7. The first-order valence-corrected chi connectivity index (χ1v) is 14.1. The number of hydrogen-bond donors (Lipinski definition) is 2. The van der Waals surface area contributed by atoms with Gasteiger partial charge in [-0.3, -0.25) is 9.59 Å². The van der Waals surface area contributed by atoms with E-state index in [0.717, 1.165) is 24.3 Å². The first-order valence-electron chi connectivity index (χ1n) is 14.1. The summed E-state index contributed by atoms with van der Waals surface area (Å²) in [5, 5.41) is 4.88. The molecule has 0 fully saturated rings. The molecule has 0 aliphatic rings. The molecule has 3 aromatic rings.